The van der Waals surface area contributed by atoms with E-state index in [9.17, 15) is 4.79 Å². The molecule has 23 heavy (non-hydrogen) atoms. The first-order chi connectivity index (χ1) is 11.2. The molecule has 1 N–H and O–H groups in total. The maximum Gasteiger partial charge on any atom is 0.265 e. The number of fused-ring (bicyclic) bond motifs is 1. The average molecular weight is 349 g/mol. The van der Waals surface area contributed by atoms with Crippen LogP contribution in [-0.4, -0.2) is 30.4 Å². The summed E-state index contributed by atoms with van der Waals surface area (Å²) in [5.74, 6) is 3.04. The third kappa shape index (κ3) is 4.20. The second kappa shape index (κ2) is 7.75. The molecule has 0 spiro atoms. The molecular weight excluding hydrogens is 330 g/mol. The topological polar surface area (TPSA) is 47.6 Å². The quantitative estimate of drug-likeness (QED) is 0.813. The van der Waals surface area contributed by atoms with Crippen molar-refractivity contribution in [3.63, 3.8) is 0 Å². The Morgan fingerprint density at radius 3 is 2.78 bits per heavy atom. The summed E-state index contributed by atoms with van der Waals surface area (Å²) in [5.41, 5.74) is 1.33. The molecule has 0 fully saturated rings. The minimum Gasteiger partial charge on any atom is -0.482 e. The Hall–Kier alpha value is -1.66. The van der Waals surface area contributed by atoms with Crippen molar-refractivity contribution in [2.24, 2.45) is 0 Å². The van der Waals surface area contributed by atoms with Gasteiger partial charge in [-0.15, -0.1) is 0 Å². The van der Waals surface area contributed by atoms with Crippen molar-refractivity contribution < 1.29 is 14.3 Å². The van der Waals surface area contributed by atoms with E-state index in [0.717, 1.165) is 11.5 Å². The molecule has 4 nitrogen and oxygen atoms in total. The van der Waals surface area contributed by atoms with Crippen molar-refractivity contribution in [2.45, 2.75) is 24.9 Å². The van der Waals surface area contributed by atoms with Crippen molar-refractivity contribution in [1.29, 1.82) is 0 Å². The highest BCUT2D eigenvalue weighted by atomic mass is 32.2. The zero-order valence-electron chi connectivity index (χ0n) is 12.9. The fraction of sp³-hybridized carbons (Fsp3) is 0.353. The monoisotopic (exact) mass is 349 g/mol. The molecule has 122 valence electrons. The van der Waals surface area contributed by atoms with E-state index in [0.29, 0.717) is 18.0 Å². The maximum atomic E-state index is 12.3. The standard InChI is InChI=1S/C17H19NO3S2/c1-12-16(21-15-5-3-2-4-14(15)20-12)17(19)18-7-9-23-11-13-6-8-22-10-13/h2-6,8,10,12,16H,7,9,11H2,1H3,(H,18,19). The SMILES string of the molecule is CC1Oc2ccccc2OC1C(=O)NCCSCc1ccsc1. The summed E-state index contributed by atoms with van der Waals surface area (Å²) in [5, 5.41) is 7.16. The van der Waals surface area contributed by atoms with Gasteiger partial charge < -0.3 is 14.8 Å². The fourth-order valence-corrected chi connectivity index (χ4v) is 3.90. The van der Waals surface area contributed by atoms with E-state index in [4.69, 9.17) is 9.47 Å². The summed E-state index contributed by atoms with van der Waals surface area (Å²) in [6.07, 6.45) is -0.907. The van der Waals surface area contributed by atoms with Gasteiger partial charge in [-0.2, -0.15) is 23.1 Å². The van der Waals surface area contributed by atoms with Crippen LogP contribution in [0.4, 0.5) is 0 Å². The van der Waals surface area contributed by atoms with E-state index in [1.807, 2.05) is 43.0 Å². The molecule has 0 bridgehead atoms. The molecule has 2 atom stereocenters. The summed E-state index contributed by atoms with van der Waals surface area (Å²) < 4.78 is 11.5. The van der Waals surface area contributed by atoms with Crippen molar-refractivity contribution >= 4 is 29.0 Å². The number of nitrogens with one attached hydrogen (secondary N) is 1. The predicted octanol–water partition coefficient (Wildman–Crippen LogP) is 3.33. The Balaban J connectivity index is 1.43. The molecule has 3 rings (SSSR count). The molecular formula is C17H19NO3S2. The van der Waals surface area contributed by atoms with E-state index < -0.39 is 6.10 Å². The summed E-state index contributed by atoms with van der Waals surface area (Å²) in [6.45, 7) is 2.48. The molecule has 6 heteroatoms. The molecule has 1 aliphatic heterocycles. The highest BCUT2D eigenvalue weighted by molar-refractivity contribution is 7.98. The Morgan fingerprint density at radius 1 is 1.26 bits per heavy atom. The van der Waals surface area contributed by atoms with Gasteiger partial charge in [0.25, 0.3) is 5.91 Å². The van der Waals surface area contributed by atoms with Crippen molar-refractivity contribution in [3.8, 4) is 11.5 Å². The van der Waals surface area contributed by atoms with Crippen LogP contribution in [0.2, 0.25) is 0 Å². The Bertz CT molecular complexity index is 645. The normalized spacial score (nSPS) is 19.3. The van der Waals surface area contributed by atoms with Crippen molar-refractivity contribution in [1.82, 2.24) is 5.32 Å². The minimum absolute atomic E-state index is 0.122. The van der Waals surface area contributed by atoms with Crippen LogP contribution in [0.15, 0.2) is 41.1 Å². The second-order valence-corrected chi connectivity index (χ2v) is 7.17. The lowest BCUT2D eigenvalue weighted by atomic mass is 10.1. The molecule has 1 aromatic carbocycles. The number of para-hydroxylation sites is 2. The van der Waals surface area contributed by atoms with Gasteiger partial charge in [0.15, 0.2) is 11.5 Å². The highest BCUT2D eigenvalue weighted by Crippen LogP contribution is 2.33. The van der Waals surface area contributed by atoms with E-state index >= 15 is 0 Å². The number of rotatable bonds is 6. The molecule has 0 aliphatic carbocycles. The third-order valence-electron chi connectivity index (χ3n) is 3.50. The Kier molecular flexibility index (Phi) is 5.46. The van der Waals surface area contributed by atoms with Gasteiger partial charge in [0.05, 0.1) is 0 Å². The summed E-state index contributed by atoms with van der Waals surface area (Å²) in [7, 11) is 0. The van der Waals surface area contributed by atoms with Gasteiger partial charge in [-0.05, 0) is 41.4 Å². The van der Waals surface area contributed by atoms with Gasteiger partial charge in [-0.25, -0.2) is 0 Å². The van der Waals surface area contributed by atoms with Crippen LogP contribution in [0.5, 0.6) is 11.5 Å². The zero-order valence-corrected chi connectivity index (χ0v) is 14.5. The van der Waals surface area contributed by atoms with Gasteiger partial charge in [0, 0.05) is 18.1 Å². The van der Waals surface area contributed by atoms with E-state index in [1.54, 1.807) is 11.3 Å². The molecule has 1 aliphatic rings. The number of carbonyl (C=O) groups is 1. The van der Waals surface area contributed by atoms with Crippen LogP contribution >= 0.6 is 23.1 Å². The smallest absolute Gasteiger partial charge is 0.265 e. The third-order valence-corrected chi connectivity index (χ3v) is 5.26. The number of amides is 1. The molecule has 1 aromatic heterocycles. The second-order valence-electron chi connectivity index (χ2n) is 5.28. The van der Waals surface area contributed by atoms with E-state index in [2.05, 4.69) is 22.1 Å². The summed E-state index contributed by atoms with van der Waals surface area (Å²) in [6, 6.07) is 9.55. The largest absolute Gasteiger partial charge is 0.482 e. The van der Waals surface area contributed by atoms with Crippen LogP contribution in [0.25, 0.3) is 0 Å². The van der Waals surface area contributed by atoms with E-state index in [-0.39, 0.29) is 12.0 Å². The molecule has 0 saturated heterocycles. The number of ether oxygens (including phenoxy) is 2. The minimum atomic E-state index is -0.605. The summed E-state index contributed by atoms with van der Waals surface area (Å²) in [4.78, 5) is 12.3. The number of hydrogen-bond acceptors (Lipinski definition) is 5. The molecule has 2 aromatic rings. The Morgan fingerprint density at radius 2 is 2.04 bits per heavy atom. The maximum absolute atomic E-state index is 12.3. The number of hydrogen-bond donors (Lipinski definition) is 1. The summed E-state index contributed by atoms with van der Waals surface area (Å²) >= 11 is 3.52. The molecule has 2 unspecified atom stereocenters. The number of carbonyl (C=O) groups excluding carboxylic acids is 1. The van der Waals surface area contributed by atoms with Gasteiger partial charge in [-0.1, -0.05) is 12.1 Å². The van der Waals surface area contributed by atoms with Gasteiger partial charge in [-0.3, -0.25) is 4.79 Å². The van der Waals surface area contributed by atoms with Crippen LogP contribution in [0.3, 0.4) is 0 Å². The lowest BCUT2D eigenvalue weighted by Gasteiger charge is -2.31. The van der Waals surface area contributed by atoms with Gasteiger partial charge in [0.2, 0.25) is 6.10 Å². The first-order valence-electron chi connectivity index (χ1n) is 7.53. The number of thioether (sulfide) groups is 1. The fourth-order valence-electron chi connectivity index (χ4n) is 2.32. The van der Waals surface area contributed by atoms with Crippen LogP contribution in [0, 0.1) is 0 Å². The molecule has 0 radical (unpaired) electrons. The van der Waals surface area contributed by atoms with Crippen molar-refractivity contribution in [2.75, 3.05) is 12.3 Å². The molecule has 0 saturated carbocycles. The van der Waals surface area contributed by atoms with E-state index in [1.165, 1.54) is 5.56 Å². The average Bonchev–Trinajstić information content (AvgIpc) is 3.07. The van der Waals surface area contributed by atoms with Gasteiger partial charge in [0.1, 0.15) is 6.10 Å². The van der Waals surface area contributed by atoms with Crippen LogP contribution < -0.4 is 14.8 Å². The first-order valence-corrected chi connectivity index (χ1v) is 9.62. The lowest BCUT2D eigenvalue weighted by molar-refractivity contribution is -0.133. The number of benzene rings is 1. The predicted molar refractivity (Wildman–Crippen MR) is 94.4 cm³/mol. The highest BCUT2D eigenvalue weighted by Gasteiger charge is 2.33. The van der Waals surface area contributed by atoms with Crippen LogP contribution in [-0.2, 0) is 10.5 Å². The molecule has 2 heterocycles. The Labute approximate surface area is 144 Å². The van der Waals surface area contributed by atoms with Gasteiger partial charge >= 0.3 is 0 Å². The van der Waals surface area contributed by atoms with Crippen LogP contribution in [0.1, 0.15) is 12.5 Å². The molecule has 1 amide bonds. The zero-order chi connectivity index (χ0) is 16.1. The number of thiophene rings is 1. The first kappa shape index (κ1) is 16.2. The lowest BCUT2D eigenvalue weighted by Crippen LogP contribution is -2.49. The van der Waals surface area contributed by atoms with Crippen molar-refractivity contribution in [3.05, 3.63) is 46.7 Å².